The average Bonchev–Trinajstić information content (AvgIpc) is 2.28. The van der Waals surface area contributed by atoms with Crippen LogP contribution in [0, 0.1) is 0 Å². The van der Waals surface area contributed by atoms with Gasteiger partial charge in [0.15, 0.2) is 0 Å². The van der Waals surface area contributed by atoms with Crippen LogP contribution in [-0.2, 0) is 4.74 Å². The van der Waals surface area contributed by atoms with Crippen LogP contribution in [0.3, 0.4) is 0 Å². The molecule has 5 nitrogen and oxygen atoms in total. The lowest BCUT2D eigenvalue weighted by molar-refractivity contribution is 0.0593. The van der Waals surface area contributed by atoms with Gasteiger partial charge in [0.25, 0.3) is 0 Å². The summed E-state index contributed by atoms with van der Waals surface area (Å²) in [5.74, 6) is 0.241. The monoisotopic (exact) mass is 224 g/mol. The molecule has 0 aliphatic rings. The average molecular weight is 224 g/mol. The van der Waals surface area contributed by atoms with Crippen LogP contribution in [0.5, 0.6) is 5.75 Å². The highest BCUT2D eigenvalue weighted by Gasteiger charge is 2.15. The number of hydrogen-bond donors (Lipinski definition) is 1. The van der Waals surface area contributed by atoms with Crippen LogP contribution in [0.1, 0.15) is 30.6 Å². The van der Waals surface area contributed by atoms with E-state index in [9.17, 15) is 4.79 Å². The molecule has 1 atom stereocenters. The topological polar surface area (TPSA) is 74.4 Å². The summed E-state index contributed by atoms with van der Waals surface area (Å²) in [5, 5.41) is 0. The van der Waals surface area contributed by atoms with Gasteiger partial charge >= 0.3 is 5.97 Å². The predicted octanol–water partition coefficient (Wildman–Crippen LogP) is 1.63. The summed E-state index contributed by atoms with van der Waals surface area (Å²) in [7, 11) is 1.31. The van der Waals surface area contributed by atoms with Crippen LogP contribution < -0.4 is 10.5 Å². The maximum absolute atomic E-state index is 11.4. The first-order valence-corrected chi connectivity index (χ1v) is 5.09. The number of ether oxygens (including phenoxy) is 2. The van der Waals surface area contributed by atoms with Gasteiger partial charge in [-0.25, -0.2) is 9.78 Å². The van der Waals surface area contributed by atoms with E-state index < -0.39 is 5.97 Å². The molecule has 2 N–H and O–H groups in total. The Morgan fingerprint density at radius 2 is 2.31 bits per heavy atom. The highest BCUT2D eigenvalue weighted by Crippen LogP contribution is 2.22. The normalized spacial score (nSPS) is 11.9. The van der Waals surface area contributed by atoms with E-state index in [0.29, 0.717) is 11.6 Å². The summed E-state index contributed by atoms with van der Waals surface area (Å²) < 4.78 is 10.2. The van der Waals surface area contributed by atoms with Gasteiger partial charge in [-0.2, -0.15) is 0 Å². The maximum Gasteiger partial charge on any atom is 0.343 e. The zero-order chi connectivity index (χ0) is 12.1. The Morgan fingerprint density at radius 3 is 2.88 bits per heavy atom. The van der Waals surface area contributed by atoms with Gasteiger partial charge in [0.1, 0.15) is 17.1 Å². The molecule has 1 aromatic rings. The Balaban J connectivity index is 3.03. The number of pyridine rings is 1. The fourth-order valence-electron chi connectivity index (χ4n) is 1.11. The highest BCUT2D eigenvalue weighted by atomic mass is 16.5. The molecule has 1 aromatic heterocycles. The number of aromatic nitrogens is 1. The quantitative estimate of drug-likeness (QED) is 0.787. The van der Waals surface area contributed by atoms with Crippen molar-refractivity contribution in [2.75, 3.05) is 12.8 Å². The third-order valence-corrected chi connectivity index (χ3v) is 2.20. The molecule has 0 radical (unpaired) electrons. The summed E-state index contributed by atoms with van der Waals surface area (Å²) in [6.45, 7) is 3.91. The lowest BCUT2D eigenvalue weighted by Crippen LogP contribution is -2.14. The van der Waals surface area contributed by atoms with E-state index >= 15 is 0 Å². The van der Waals surface area contributed by atoms with Crippen molar-refractivity contribution >= 4 is 11.8 Å². The SMILES string of the molecule is CCC(C)Oc1cc(N)ncc1C(=O)OC. The van der Waals surface area contributed by atoms with Crippen molar-refractivity contribution in [2.45, 2.75) is 26.4 Å². The van der Waals surface area contributed by atoms with Crippen LogP contribution in [0.15, 0.2) is 12.3 Å². The smallest absolute Gasteiger partial charge is 0.343 e. The molecule has 0 spiro atoms. The summed E-state index contributed by atoms with van der Waals surface area (Å²) in [6, 6.07) is 1.53. The fourth-order valence-corrected chi connectivity index (χ4v) is 1.11. The molecule has 5 heteroatoms. The van der Waals surface area contributed by atoms with E-state index in [0.717, 1.165) is 6.42 Å². The van der Waals surface area contributed by atoms with Crippen LogP contribution in [0.4, 0.5) is 5.82 Å². The first kappa shape index (κ1) is 12.3. The summed E-state index contributed by atoms with van der Waals surface area (Å²) >= 11 is 0. The summed E-state index contributed by atoms with van der Waals surface area (Å²) in [5.41, 5.74) is 5.83. The van der Waals surface area contributed by atoms with Crippen molar-refractivity contribution in [1.29, 1.82) is 0 Å². The van der Waals surface area contributed by atoms with Gasteiger partial charge in [0, 0.05) is 12.3 Å². The van der Waals surface area contributed by atoms with Crippen molar-refractivity contribution in [1.82, 2.24) is 4.98 Å². The maximum atomic E-state index is 11.4. The molecular formula is C11H16N2O3. The van der Waals surface area contributed by atoms with Crippen LogP contribution in [0.25, 0.3) is 0 Å². The summed E-state index contributed by atoms with van der Waals surface area (Å²) in [6.07, 6.45) is 2.20. The van der Waals surface area contributed by atoms with E-state index in [4.69, 9.17) is 10.5 Å². The molecule has 0 aliphatic carbocycles. The number of esters is 1. The molecule has 0 saturated carbocycles. The number of nitrogens with two attached hydrogens (primary N) is 1. The molecule has 0 amide bonds. The van der Waals surface area contributed by atoms with Gasteiger partial charge in [-0.1, -0.05) is 6.92 Å². The van der Waals surface area contributed by atoms with Gasteiger partial charge in [-0.05, 0) is 13.3 Å². The van der Waals surface area contributed by atoms with Gasteiger partial charge in [-0.3, -0.25) is 0 Å². The number of hydrogen-bond acceptors (Lipinski definition) is 5. The molecule has 16 heavy (non-hydrogen) atoms. The van der Waals surface area contributed by atoms with Gasteiger partial charge in [0.2, 0.25) is 0 Å². The number of nitrogens with zero attached hydrogens (tertiary/aromatic N) is 1. The molecule has 0 saturated heterocycles. The van der Waals surface area contributed by atoms with Crippen LogP contribution >= 0.6 is 0 Å². The standard InChI is InChI=1S/C11H16N2O3/c1-4-7(2)16-9-5-10(12)13-6-8(9)11(14)15-3/h5-7H,4H2,1-3H3,(H2,12,13). The molecule has 0 bridgehead atoms. The molecule has 1 rings (SSSR count). The first-order valence-electron chi connectivity index (χ1n) is 5.09. The second-order valence-electron chi connectivity index (χ2n) is 3.43. The number of carbonyl (C=O) groups is 1. The molecule has 1 unspecified atom stereocenters. The van der Waals surface area contributed by atoms with E-state index in [2.05, 4.69) is 9.72 Å². The Labute approximate surface area is 94.6 Å². The fraction of sp³-hybridized carbons (Fsp3) is 0.455. The van der Waals surface area contributed by atoms with Gasteiger partial charge < -0.3 is 15.2 Å². The Hall–Kier alpha value is -1.78. The second-order valence-corrected chi connectivity index (χ2v) is 3.43. The van der Waals surface area contributed by atoms with E-state index in [1.807, 2.05) is 13.8 Å². The van der Waals surface area contributed by atoms with Crippen molar-refractivity contribution in [2.24, 2.45) is 0 Å². The van der Waals surface area contributed by atoms with Gasteiger partial charge in [0.05, 0.1) is 13.2 Å². The lowest BCUT2D eigenvalue weighted by atomic mass is 10.2. The number of carbonyl (C=O) groups excluding carboxylic acids is 1. The van der Waals surface area contributed by atoms with Crippen LogP contribution in [-0.4, -0.2) is 24.2 Å². The van der Waals surface area contributed by atoms with Crippen molar-refractivity contribution < 1.29 is 14.3 Å². The molecule has 1 heterocycles. The third-order valence-electron chi connectivity index (χ3n) is 2.20. The number of anilines is 1. The molecular weight excluding hydrogens is 208 g/mol. The number of nitrogen functional groups attached to an aromatic ring is 1. The lowest BCUT2D eigenvalue weighted by Gasteiger charge is -2.15. The third kappa shape index (κ3) is 2.85. The minimum atomic E-state index is -0.481. The Bertz CT molecular complexity index is 379. The highest BCUT2D eigenvalue weighted by molar-refractivity contribution is 5.92. The minimum absolute atomic E-state index is 0.00482. The second kappa shape index (κ2) is 5.34. The molecule has 0 fully saturated rings. The zero-order valence-corrected chi connectivity index (χ0v) is 9.69. The van der Waals surface area contributed by atoms with Crippen molar-refractivity contribution in [3.05, 3.63) is 17.8 Å². The minimum Gasteiger partial charge on any atom is -0.490 e. The Morgan fingerprint density at radius 1 is 1.62 bits per heavy atom. The largest absolute Gasteiger partial charge is 0.490 e. The van der Waals surface area contributed by atoms with Crippen LogP contribution in [0.2, 0.25) is 0 Å². The number of methoxy groups -OCH3 is 1. The number of rotatable bonds is 4. The molecule has 0 aromatic carbocycles. The first-order chi connectivity index (χ1) is 7.58. The molecule has 88 valence electrons. The van der Waals surface area contributed by atoms with E-state index in [-0.39, 0.29) is 11.7 Å². The van der Waals surface area contributed by atoms with E-state index in [1.165, 1.54) is 19.4 Å². The van der Waals surface area contributed by atoms with E-state index in [1.54, 1.807) is 0 Å². The summed E-state index contributed by atoms with van der Waals surface area (Å²) in [4.78, 5) is 15.3. The predicted molar refractivity (Wildman–Crippen MR) is 60.4 cm³/mol. The van der Waals surface area contributed by atoms with Gasteiger partial charge in [-0.15, -0.1) is 0 Å². The zero-order valence-electron chi connectivity index (χ0n) is 9.69. The molecule has 0 aliphatic heterocycles. The van der Waals surface area contributed by atoms with Crippen molar-refractivity contribution in [3.63, 3.8) is 0 Å². The Kier molecular flexibility index (Phi) is 4.10. The van der Waals surface area contributed by atoms with Crippen molar-refractivity contribution in [3.8, 4) is 5.75 Å².